The molecular formula is C14H26ClN3. The fourth-order valence-corrected chi connectivity index (χ4v) is 6.12. The third-order valence-corrected chi connectivity index (χ3v) is 5.34. The topological polar surface area (TPSA) is 64.4 Å². The van der Waals surface area contributed by atoms with E-state index in [1.165, 1.54) is 38.5 Å². The van der Waals surface area contributed by atoms with Gasteiger partial charge < -0.3 is 11.5 Å². The molecule has 0 heterocycles. The Labute approximate surface area is 116 Å². The van der Waals surface area contributed by atoms with E-state index in [0.717, 1.165) is 12.5 Å². The summed E-state index contributed by atoms with van der Waals surface area (Å²) in [5.74, 6) is 1.19. The van der Waals surface area contributed by atoms with Crippen LogP contribution in [0.5, 0.6) is 0 Å². The Balaban J connectivity index is 0.00000120. The summed E-state index contributed by atoms with van der Waals surface area (Å²) in [6, 6.07) is 0. The fraction of sp³-hybridized carbons (Fsp3) is 0.929. The van der Waals surface area contributed by atoms with Gasteiger partial charge in [0.15, 0.2) is 5.96 Å². The van der Waals surface area contributed by atoms with Crippen LogP contribution in [0, 0.1) is 22.2 Å². The van der Waals surface area contributed by atoms with Gasteiger partial charge in [0, 0.05) is 6.54 Å². The van der Waals surface area contributed by atoms with E-state index in [9.17, 15) is 0 Å². The van der Waals surface area contributed by atoms with Crippen molar-refractivity contribution < 1.29 is 0 Å². The highest BCUT2D eigenvalue weighted by atomic mass is 35.5. The lowest BCUT2D eigenvalue weighted by Crippen LogP contribution is -2.56. The third-order valence-electron chi connectivity index (χ3n) is 5.34. The number of nitrogens with two attached hydrogens (primary N) is 2. The summed E-state index contributed by atoms with van der Waals surface area (Å²) in [6.45, 7) is 5.83. The molecule has 0 aliphatic heterocycles. The van der Waals surface area contributed by atoms with Crippen molar-refractivity contribution in [1.29, 1.82) is 0 Å². The molecule has 4 fully saturated rings. The Morgan fingerprint density at radius 2 is 1.61 bits per heavy atom. The van der Waals surface area contributed by atoms with E-state index < -0.39 is 0 Å². The molecule has 104 valence electrons. The van der Waals surface area contributed by atoms with Crippen LogP contribution >= 0.6 is 12.4 Å². The van der Waals surface area contributed by atoms with Crippen molar-refractivity contribution in [2.75, 3.05) is 6.54 Å². The summed E-state index contributed by atoms with van der Waals surface area (Å²) in [4.78, 5) is 4.35. The standard InChI is InChI=1S/C14H25N3.ClH/c1-12-3-10-4-13(2,6-12)8-14(5-10,7-12)9-17-11(15)16;/h10H,3-9H2,1-2H3,(H4,15,16,17);1H. The highest BCUT2D eigenvalue weighted by Gasteiger charge is 2.59. The minimum Gasteiger partial charge on any atom is -0.370 e. The van der Waals surface area contributed by atoms with Crippen LogP contribution in [0.1, 0.15) is 52.4 Å². The molecule has 2 unspecified atom stereocenters. The number of guanidine groups is 1. The van der Waals surface area contributed by atoms with Gasteiger partial charge in [0.1, 0.15) is 0 Å². The molecule has 2 atom stereocenters. The Bertz CT molecular complexity index is 357. The van der Waals surface area contributed by atoms with E-state index in [-0.39, 0.29) is 18.4 Å². The SMILES string of the molecule is CC12CC3CC(C)(C1)CC(CN=C(N)N)(C3)C2.Cl. The molecule has 4 aliphatic rings. The lowest BCUT2D eigenvalue weighted by atomic mass is 9.40. The van der Waals surface area contributed by atoms with Crippen molar-refractivity contribution in [1.82, 2.24) is 0 Å². The molecule has 0 saturated heterocycles. The van der Waals surface area contributed by atoms with Crippen LogP contribution in [0.4, 0.5) is 0 Å². The first-order valence-electron chi connectivity index (χ1n) is 6.88. The number of rotatable bonds is 2. The maximum Gasteiger partial charge on any atom is 0.185 e. The van der Waals surface area contributed by atoms with Crippen molar-refractivity contribution in [3.05, 3.63) is 0 Å². The molecule has 0 aromatic rings. The molecule has 4 aliphatic carbocycles. The monoisotopic (exact) mass is 271 g/mol. The molecule has 4 bridgehead atoms. The molecule has 0 spiro atoms. The molecule has 4 N–H and O–H groups in total. The van der Waals surface area contributed by atoms with E-state index in [2.05, 4.69) is 18.8 Å². The van der Waals surface area contributed by atoms with Crippen LogP contribution in [-0.4, -0.2) is 12.5 Å². The van der Waals surface area contributed by atoms with Gasteiger partial charge in [-0.25, -0.2) is 0 Å². The maximum atomic E-state index is 5.52. The second kappa shape index (κ2) is 4.03. The van der Waals surface area contributed by atoms with Crippen molar-refractivity contribution >= 4 is 18.4 Å². The van der Waals surface area contributed by atoms with Gasteiger partial charge >= 0.3 is 0 Å². The van der Waals surface area contributed by atoms with Crippen molar-refractivity contribution in [3.63, 3.8) is 0 Å². The van der Waals surface area contributed by atoms with E-state index in [1.54, 1.807) is 0 Å². The Morgan fingerprint density at radius 3 is 2.06 bits per heavy atom. The first kappa shape index (κ1) is 14.0. The van der Waals surface area contributed by atoms with Crippen LogP contribution in [-0.2, 0) is 0 Å². The Kier molecular flexibility index (Phi) is 3.13. The molecule has 3 nitrogen and oxygen atoms in total. The zero-order valence-corrected chi connectivity index (χ0v) is 12.4. The number of hydrogen-bond acceptors (Lipinski definition) is 1. The second-order valence-electron chi connectivity index (χ2n) is 7.87. The van der Waals surface area contributed by atoms with Gasteiger partial charge in [-0.3, -0.25) is 4.99 Å². The average molecular weight is 272 g/mol. The van der Waals surface area contributed by atoms with Gasteiger partial charge in [0.25, 0.3) is 0 Å². The number of nitrogens with zero attached hydrogens (tertiary/aromatic N) is 1. The van der Waals surface area contributed by atoms with Crippen molar-refractivity contribution in [2.45, 2.75) is 52.4 Å². The molecule has 0 radical (unpaired) electrons. The largest absolute Gasteiger partial charge is 0.370 e. The third kappa shape index (κ3) is 2.22. The second-order valence-corrected chi connectivity index (χ2v) is 7.87. The normalized spacial score (nSPS) is 48.7. The van der Waals surface area contributed by atoms with Crippen molar-refractivity contribution in [3.8, 4) is 0 Å². The molecule has 0 aromatic carbocycles. The lowest BCUT2D eigenvalue weighted by molar-refractivity contribution is -0.140. The lowest BCUT2D eigenvalue weighted by Gasteiger charge is -2.65. The van der Waals surface area contributed by atoms with Crippen LogP contribution in [0.15, 0.2) is 4.99 Å². The smallest absolute Gasteiger partial charge is 0.185 e. The van der Waals surface area contributed by atoms with Gasteiger partial charge in [-0.1, -0.05) is 13.8 Å². The quantitative estimate of drug-likeness (QED) is 0.599. The average Bonchev–Trinajstić information content (AvgIpc) is 2.08. The van der Waals surface area contributed by atoms with E-state index in [4.69, 9.17) is 11.5 Å². The minimum absolute atomic E-state index is 0. The fourth-order valence-electron chi connectivity index (χ4n) is 6.12. The van der Waals surface area contributed by atoms with Gasteiger partial charge in [-0.15, -0.1) is 12.4 Å². The minimum atomic E-state index is 0. The molecule has 4 rings (SSSR count). The Hall–Kier alpha value is -0.440. The van der Waals surface area contributed by atoms with Gasteiger partial charge in [-0.05, 0) is 60.7 Å². The first-order valence-corrected chi connectivity index (χ1v) is 6.88. The number of aliphatic imine (C=N–C) groups is 1. The van der Waals surface area contributed by atoms with Gasteiger partial charge in [0.2, 0.25) is 0 Å². The zero-order valence-electron chi connectivity index (χ0n) is 11.5. The first-order chi connectivity index (χ1) is 7.82. The maximum absolute atomic E-state index is 5.52. The molecule has 0 aromatic heterocycles. The molecule has 0 amide bonds. The molecular weight excluding hydrogens is 246 g/mol. The van der Waals surface area contributed by atoms with E-state index in [1.807, 2.05) is 0 Å². The summed E-state index contributed by atoms with van der Waals surface area (Å²) >= 11 is 0. The summed E-state index contributed by atoms with van der Waals surface area (Å²) < 4.78 is 0. The molecule has 18 heavy (non-hydrogen) atoms. The van der Waals surface area contributed by atoms with Crippen LogP contribution in [0.2, 0.25) is 0 Å². The number of hydrogen-bond donors (Lipinski definition) is 2. The number of halogens is 1. The highest BCUT2D eigenvalue weighted by Crippen LogP contribution is 2.69. The summed E-state index contributed by atoms with van der Waals surface area (Å²) in [7, 11) is 0. The summed E-state index contributed by atoms with van der Waals surface area (Å²) in [5, 5.41) is 0. The Morgan fingerprint density at radius 1 is 1.06 bits per heavy atom. The predicted octanol–water partition coefficient (Wildman–Crippen LogP) is 2.68. The molecule has 4 saturated carbocycles. The van der Waals surface area contributed by atoms with Gasteiger partial charge in [-0.2, -0.15) is 0 Å². The zero-order chi connectivity index (χ0) is 12.3. The van der Waals surface area contributed by atoms with Crippen LogP contribution in [0.3, 0.4) is 0 Å². The predicted molar refractivity (Wildman–Crippen MR) is 77.8 cm³/mol. The highest BCUT2D eigenvalue weighted by molar-refractivity contribution is 5.85. The molecule has 4 heteroatoms. The van der Waals surface area contributed by atoms with Crippen LogP contribution in [0.25, 0.3) is 0 Å². The summed E-state index contributed by atoms with van der Waals surface area (Å²) in [6.07, 6.45) is 8.32. The van der Waals surface area contributed by atoms with Crippen molar-refractivity contribution in [2.24, 2.45) is 38.6 Å². The van der Waals surface area contributed by atoms with E-state index in [0.29, 0.717) is 16.2 Å². The van der Waals surface area contributed by atoms with Gasteiger partial charge in [0.05, 0.1) is 0 Å². The van der Waals surface area contributed by atoms with E-state index >= 15 is 0 Å². The van der Waals surface area contributed by atoms with Crippen LogP contribution < -0.4 is 11.5 Å². The summed E-state index contributed by atoms with van der Waals surface area (Å²) in [5.41, 5.74) is 12.6.